The maximum atomic E-state index is 9.02. The lowest BCUT2D eigenvalue weighted by atomic mass is 9.92. The van der Waals surface area contributed by atoms with Crippen LogP contribution in [0.25, 0.3) is 0 Å². The fourth-order valence-electron chi connectivity index (χ4n) is 2.89. The average molecular weight is 252 g/mol. The molecule has 18 heavy (non-hydrogen) atoms. The van der Waals surface area contributed by atoms with E-state index in [9.17, 15) is 0 Å². The van der Waals surface area contributed by atoms with Gasteiger partial charge in [-0.3, -0.25) is 4.90 Å². The fourth-order valence-corrected chi connectivity index (χ4v) is 2.89. The molecule has 0 spiro atoms. The molecular weight excluding hydrogens is 224 g/mol. The Kier molecular flexibility index (Phi) is 5.58. The number of nitrogens with zero attached hydrogens (tertiary/aromatic N) is 4. The van der Waals surface area contributed by atoms with Crippen LogP contribution in [0.1, 0.15) is 20.3 Å². The first-order valence-corrected chi connectivity index (χ1v) is 6.78. The molecule has 0 aromatic rings. The van der Waals surface area contributed by atoms with Gasteiger partial charge in [-0.1, -0.05) is 13.8 Å². The zero-order valence-electron chi connectivity index (χ0n) is 12.6. The van der Waals surface area contributed by atoms with Crippen LogP contribution in [-0.4, -0.2) is 74.6 Å². The molecule has 0 aliphatic carbocycles. The van der Waals surface area contributed by atoms with Gasteiger partial charge in [0.2, 0.25) is 0 Å². The van der Waals surface area contributed by atoms with Crippen LogP contribution in [0.2, 0.25) is 0 Å². The highest BCUT2D eigenvalue weighted by Crippen LogP contribution is 2.24. The minimum absolute atomic E-state index is 0.297. The molecule has 0 bridgehead atoms. The van der Waals surface area contributed by atoms with E-state index in [2.05, 4.69) is 55.8 Å². The van der Waals surface area contributed by atoms with Crippen LogP contribution in [0.15, 0.2) is 0 Å². The summed E-state index contributed by atoms with van der Waals surface area (Å²) in [7, 11) is 6.38. The van der Waals surface area contributed by atoms with Crippen molar-refractivity contribution in [1.29, 1.82) is 5.26 Å². The molecule has 1 aliphatic rings. The number of hydrogen-bond donors (Lipinski definition) is 0. The van der Waals surface area contributed by atoms with Crippen molar-refractivity contribution < 1.29 is 0 Å². The number of hydrogen-bond acceptors (Lipinski definition) is 4. The molecule has 0 N–H and O–H groups in total. The first-order valence-electron chi connectivity index (χ1n) is 6.78. The molecule has 0 saturated carbocycles. The van der Waals surface area contributed by atoms with E-state index < -0.39 is 0 Å². The van der Waals surface area contributed by atoms with Gasteiger partial charge in [-0.2, -0.15) is 5.26 Å². The molecule has 1 saturated heterocycles. The summed E-state index contributed by atoms with van der Waals surface area (Å²) in [6, 6.07) is 2.73. The normalized spacial score (nSPS) is 25.9. The Labute approximate surface area is 112 Å². The van der Waals surface area contributed by atoms with Crippen LogP contribution < -0.4 is 0 Å². The summed E-state index contributed by atoms with van der Waals surface area (Å²) < 4.78 is 0. The zero-order chi connectivity index (χ0) is 13.8. The Morgan fingerprint density at radius 2 is 2.00 bits per heavy atom. The molecule has 0 amide bonds. The monoisotopic (exact) mass is 252 g/mol. The molecule has 1 heterocycles. The average Bonchev–Trinajstić information content (AvgIpc) is 2.32. The van der Waals surface area contributed by atoms with Crippen LogP contribution in [0.3, 0.4) is 0 Å². The van der Waals surface area contributed by atoms with Crippen molar-refractivity contribution in [3.63, 3.8) is 0 Å². The molecule has 104 valence electrons. The van der Waals surface area contributed by atoms with Crippen molar-refractivity contribution in [2.75, 3.05) is 53.9 Å². The van der Waals surface area contributed by atoms with Crippen LogP contribution in [0.5, 0.6) is 0 Å². The van der Waals surface area contributed by atoms with E-state index in [-0.39, 0.29) is 0 Å². The summed E-state index contributed by atoms with van der Waals surface area (Å²) in [5.74, 6) is 0. The van der Waals surface area contributed by atoms with Gasteiger partial charge in [0.15, 0.2) is 0 Å². The van der Waals surface area contributed by atoms with Crippen molar-refractivity contribution in [3.05, 3.63) is 0 Å². The van der Waals surface area contributed by atoms with Gasteiger partial charge in [0.1, 0.15) is 0 Å². The molecule has 0 aromatic carbocycles. The quantitative estimate of drug-likeness (QED) is 0.750. The second kappa shape index (κ2) is 6.51. The summed E-state index contributed by atoms with van der Waals surface area (Å²) in [5.41, 5.74) is 0.297. The highest BCUT2D eigenvalue weighted by atomic mass is 15.3. The Hall–Kier alpha value is -0.630. The maximum absolute atomic E-state index is 9.02. The summed E-state index contributed by atoms with van der Waals surface area (Å²) in [6.45, 7) is 9.94. The molecule has 1 rings (SSSR count). The van der Waals surface area contributed by atoms with E-state index in [1.165, 1.54) is 0 Å². The predicted molar refractivity (Wildman–Crippen MR) is 75.4 cm³/mol. The molecule has 1 unspecified atom stereocenters. The lowest BCUT2D eigenvalue weighted by molar-refractivity contribution is 0.146. The van der Waals surface area contributed by atoms with Gasteiger partial charge in [-0.25, -0.2) is 0 Å². The first kappa shape index (κ1) is 15.4. The molecule has 0 aromatic heterocycles. The van der Waals surface area contributed by atoms with Gasteiger partial charge in [-0.15, -0.1) is 0 Å². The highest BCUT2D eigenvalue weighted by Gasteiger charge is 2.32. The second-order valence-electron chi connectivity index (χ2n) is 6.65. The van der Waals surface area contributed by atoms with Crippen molar-refractivity contribution in [2.45, 2.75) is 26.3 Å². The van der Waals surface area contributed by atoms with Crippen molar-refractivity contribution in [2.24, 2.45) is 5.41 Å². The summed E-state index contributed by atoms with van der Waals surface area (Å²) in [5, 5.41) is 9.02. The largest absolute Gasteiger partial charge is 0.308 e. The zero-order valence-corrected chi connectivity index (χ0v) is 12.6. The van der Waals surface area contributed by atoms with Gasteiger partial charge in [0.05, 0.1) is 12.5 Å². The van der Waals surface area contributed by atoms with Crippen LogP contribution >= 0.6 is 0 Å². The molecule has 1 atom stereocenters. The summed E-state index contributed by atoms with van der Waals surface area (Å²) in [4.78, 5) is 7.09. The van der Waals surface area contributed by atoms with E-state index in [1.54, 1.807) is 0 Å². The standard InChI is InChI=1S/C14H28N4/c1-14(2)11-17(5)10-13(6-7-15)18(12-14)9-8-16(3)4/h13H,6,8-12H2,1-5H3. The van der Waals surface area contributed by atoms with Gasteiger partial charge < -0.3 is 9.80 Å². The van der Waals surface area contributed by atoms with Crippen molar-refractivity contribution in [3.8, 4) is 6.07 Å². The van der Waals surface area contributed by atoms with E-state index in [4.69, 9.17) is 5.26 Å². The van der Waals surface area contributed by atoms with Gasteiger partial charge >= 0.3 is 0 Å². The third-order valence-electron chi connectivity index (χ3n) is 3.53. The topological polar surface area (TPSA) is 33.5 Å². The molecule has 0 radical (unpaired) electrons. The number of nitriles is 1. The summed E-state index contributed by atoms with van der Waals surface area (Å²) >= 11 is 0. The number of rotatable bonds is 4. The lowest BCUT2D eigenvalue weighted by Crippen LogP contribution is -2.44. The van der Waals surface area contributed by atoms with Crippen LogP contribution in [0.4, 0.5) is 0 Å². The smallest absolute Gasteiger partial charge is 0.0638 e. The molecule has 1 fully saturated rings. The van der Waals surface area contributed by atoms with Crippen molar-refractivity contribution >= 4 is 0 Å². The Balaban J connectivity index is 2.74. The lowest BCUT2D eigenvalue weighted by Gasteiger charge is -2.33. The van der Waals surface area contributed by atoms with Gasteiger partial charge in [0, 0.05) is 38.8 Å². The Morgan fingerprint density at radius 3 is 2.56 bits per heavy atom. The third-order valence-corrected chi connectivity index (χ3v) is 3.53. The molecule has 4 heteroatoms. The van der Waals surface area contributed by atoms with Crippen LogP contribution in [-0.2, 0) is 0 Å². The van der Waals surface area contributed by atoms with E-state index in [0.717, 1.165) is 32.7 Å². The minimum Gasteiger partial charge on any atom is -0.308 e. The Bertz CT molecular complexity index is 293. The predicted octanol–water partition coefficient (Wildman–Crippen LogP) is 1.10. The van der Waals surface area contributed by atoms with Gasteiger partial charge in [0.25, 0.3) is 0 Å². The van der Waals surface area contributed by atoms with E-state index in [0.29, 0.717) is 17.9 Å². The van der Waals surface area contributed by atoms with E-state index >= 15 is 0 Å². The molecular formula is C14H28N4. The summed E-state index contributed by atoms with van der Waals surface area (Å²) in [6.07, 6.45) is 0.633. The van der Waals surface area contributed by atoms with Gasteiger partial charge in [-0.05, 0) is 26.6 Å². The number of likely N-dealkylation sites (N-methyl/N-ethyl adjacent to an activating group) is 2. The molecule has 4 nitrogen and oxygen atoms in total. The Morgan fingerprint density at radius 1 is 1.33 bits per heavy atom. The SMILES string of the molecule is CN(C)CCN1CC(C)(C)CN(C)CC1CC#N. The first-order chi connectivity index (χ1) is 8.34. The second-order valence-corrected chi connectivity index (χ2v) is 6.65. The van der Waals surface area contributed by atoms with Crippen LogP contribution in [0, 0.1) is 16.7 Å². The maximum Gasteiger partial charge on any atom is 0.0638 e. The van der Waals surface area contributed by atoms with Crippen molar-refractivity contribution in [1.82, 2.24) is 14.7 Å². The van der Waals surface area contributed by atoms with E-state index in [1.807, 2.05) is 0 Å². The third kappa shape index (κ3) is 4.93. The minimum atomic E-state index is 0.297. The molecule has 1 aliphatic heterocycles. The fraction of sp³-hybridized carbons (Fsp3) is 0.929. The highest BCUT2D eigenvalue weighted by molar-refractivity contribution is 4.91.